The molecule has 0 aromatic rings. The fraction of sp³-hybridized carbons (Fsp3) is 0.875. The van der Waals surface area contributed by atoms with Gasteiger partial charge in [-0.25, -0.2) is 0 Å². The van der Waals surface area contributed by atoms with Gasteiger partial charge in [-0.1, -0.05) is 0 Å². The quantitative estimate of drug-likeness (QED) is 0.377. The molecular weight excluding hydrogens is 208 g/mol. The topological polar surface area (TPSA) is 116 Å². The molecule has 1 fully saturated rings. The van der Waals surface area contributed by atoms with Crippen LogP contribution in [0.2, 0.25) is 0 Å². The largest absolute Gasteiger partial charge is 0.463 e. The average Bonchev–Trinajstić information content (AvgIpc) is 2.18. The summed E-state index contributed by atoms with van der Waals surface area (Å²) >= 11 is 0. The third kappa shape index (κ3) is 2.86. The van der Waals surface area contributed by atoms with Crippen molar-refractivity contribution in [1.29, 1.82) is 0 Å². The van der Waals surface area contributed by atoms with E-state index in [1.54, 1.807) is 0 Å². The average molecular weight is 222 g/mol. The predicted molar refractivity (Wildman–Crippen MR) is 45.5 cm³/mol. The first-order valence-electron chi connectivity index (χ1n) is 4.44. The zero-order valence-electron chi connectivity index (χ0n) is 8.11. The normalized spacial score (nSPS) is 41.3. The lowest BCUT2D eigenvalue weighted by atomic mass is 9.99. The summed E-state index contributed by atoms with van der Waals surface area (Å²) < 4.78 is 9.31. The first kappa shape index (κ1) is 12.3. The summed E-state index contributed by atoms with van der Waals surface area (Å²) in [5.41, 5.74) is 0. The van der Waals surface area contributed by atoms with Gasteiger partial charge in [-0.15, -0.1) is 0 Å². The molecule has 1 rings (SSSR count). The van der Waals surface area contributed by atoms with E-state index in [1.165, 1.54) is 6.92 Å². The number of aliphatic hydroxyl groups is 4. The van der Waals surface area contributed by atoms with Crippen LogP contribution in [0, 0.1) is 0 Å². The summed E-state index contributed by atoms with van der Waals surface area (Å²) in [6.45, 7) is 0.883. The summed E-state index contributed by atoms with van der Waals surface area (Å²) in [5.74, 6) is -0.569. The summed E-state index contributed by atoms with van der Waals surface area (Å²) in [6, 6.07) is 0. The molecule has 1 saturated heterocycles. The van der Waals surface area contributed by atoms with E-state index < -0.39 is 36.7 Å². The maximum Gasteiger partial charge on any atom is 0.302 e. The van der Waals surface area contributed by atoms with Crippen LogP contribution in [0.3, 0.4) is 0 Å². The molecule has 4 N–H and O–H groups in total. The Balaban J connectivity index is 2.54. The number of ether oxygens (including phenoxy) is 2. The fourth-order valence-corrected chi connectivity index (χ4v) is 1.27. The smallest absolute Gasteiger partial charge is 0.302 e. The molecule has 5 atom stereocenters. The van der Waals surface area contributed by atoms with Crippen LogP contribution in [0.5, 0.6) is 0 Å². The number of carbonyl (C=O) groups excluding carboxylic acids is 1. The number of aliphatic hydroxyl groups excluding tert-OH is 4. The van der Waals surface area contributed by atoms with Gasteiger partial charge in [0.25, 0.3) is 0 Å². The van der Waals surface area contributed by atoms with Crippen LogP contribution in [0.15, 0.2) is 0 Å². The van der Waals surface area contributed by atoms with Gasteiger partial charge in [0.1, 0.15) is 31.0 Å². The highest BCUT2D eigenvalue weighted by molar-refractivity contribution is 5.65. The molecule has 0 aromatic carbocycles. The van der Waals surface area contributed by atoms with Crippen LogP contribution in [0.4, 0.5) is 0 Å². The summed E-state index contributed by atoms with van der Waals surface area (Å²) in [4.78, 5) is 10.5. The van der Waals surface area contributed by atoms with Gasteiger partial charge < -0.3 is 29.9 Å². The first-order valence-corrected chi connectivity index (χ1v) is 4.44. The van der Waals surface area contributed by atoms with Crippen LogP contribution in [-0.2, 0) is 14.3 Å². The molecule has 1 aliphatic rings. The highest BCUT2D eigenvalue weighted by atomic mass is 16.6. The van der Waals surface area contributed by atoms with E-state index in [2.05, 4.69) is 4.74 Å². The van der Waals surface area contributed by atoms with Crippen molar-refractivity contribution >= 4 is 5.97 Å². The lowest BCUT2D eigenvalue weighted by molar-refractivity contribution is -0.287. The maximum absolute atomic E-state index is 10.5. The van der Waals surface area contributed by atoms with Crippen molar-refractivity contribution in [1.82, 2.24) is 0 Å². The van der Waals surface area contributed by atoms with Gasteiger partial charge in [-0.2, -0.15) is 0 Å². The Morgan fingerprint density at radius 3 is 2.33 bits per heavy atom. The standard InChI is InChI=1S/C8H14O7/c1-3(9)14-2-4-5(10)6(11)7(12)8(13)15-4/h4-8,10-13H,2H2,1H3/t4-,5-,6+,7-,8+/m1/s1. The highest BCUT2D eigenvalue weighted by Crippen LogP contribution is 2.19. The Hall–Kier alpha value is -0.730. The van der Waals surface area contributed by atoms with Crippen LogP contribution >= 0.6 is 0 Å². The van der Waals surface area contributed by atoms with Crippen LogP contribution < -0.4 is 0 Å². The Morgan fingerprint density at radius 2 is 1.80 bits per heavy atom. The van der Waals surface area contributed by atoms with Gasteiger partial charge >= 0.3 is 5.97 Å². The number of esters is 1. The predicted octanol–water partition coefficient (Wildman–Crippen LogP) is -2.65. The minimum absolute atomic E-state index is 0.294. The molecule has 0 radical (unpaired) electrons. The molecule has 1 heterocycles. The Labute approximate surface area is 85.9 Å². The SMILES string of the molecule is CC(=O)OC[C@H]1O[C@H](O)[C@H](O)[C@@H](O)[C@@H]1O. The molecule has 0 unspecified atom stereocenters. The van der Waals surface area contributed by atoms with Crippen molar-refractivity contribution < 1.29 is 34.7 Å². The van der Waals surface area contributed by atoms with Crippen LogP contribution in [0.25, 0.3) is 0 Å². The van der Waals surface area contributed by atoms with E-state index >= 15 is 0 Å². The van der Waals surface area contributed by atoms with Gasteiger partial charge in [0, 0.05) is 6.92 Å². The lowest BCUT2D eigenvalue weighted by Crippen LogP contribution is -2.58. The van der Waals surface area contributed by atoms with Crippen LogP contribution in [-0.4, -0.2) is 63.7 Å². The second-order valence-corrected chi connectivity index (χ2v) is 3.34. The summed E-state index contributed by atoms with van der Waals surface area (Å²) in [7, 11) is 0. The van der Waals surface area contributed by atoms with Crippen molar-refractivity contribution in [3.05, 3.63) is 0 Å². The number of carbonyl (C=O) groups is 1. The summed E-state index contributed by atoms with van der Waals surface area (Å²) in [5, 5.41) is 36.9. The zero-order chi connectivity index (χ0) is 11.6. The van der Waals surface area contributed by atoms with Gasteiger partial charge in [-0.05, 0) is 0 Å². The minimum atomic E-state index is -1.61. The van der Waals surface area contributed by atoms with Gasteiger partial charge in [-0.3, -0.25) is 4.79 Å². The monoisotopic (exact) mass is 222 g/mol. The zero-order valence-corrected chi connectivity index (χ0v) is 8.11. The van der Waals surface area contributed by atoms with E-state index in [0.717, 1.165) is 0 Å². The maximum atomic E-state index is 10.5. The number of hydrogen-bond donors (Lipinski definition) is 4. The fourth-order valence-electron chi connectivity index (χ4n) is 1.27. The molecule has 1 aliphatic heterocycles. The molecule has 15 heavy (non-hydrogen) atoms. The van der Waals surface area contributed by atoms with Gasteiger partial charge in [0.2, 0.25) is 0 Å². The minimum Gasteiger partial charge on any atom is -0.463 e. The third-order valence-electron chi connectivity index (χ3n) is 2.14. The molecule has 0 amide bonds. The molecule has 7 heteroatoms. The van der Waals surface area contributed by atoms with Gasteiger partial charge in [0.05, 0.1) is 0 Å². The molecule has 0 saturated carbocycles. The summed E-state index contributed by atoms with van der Waals surface area (Å²) in [6.07, 6.45) is -7.18. The van der Waals surface area contributed by atoms with Crippen molar-refractivity contribution in [2.75, 3.05) is 6.61 Å². The molecule has 0 aliphatic carbocycles. The van der Waals surface area contributed by atoms with E-state index in [1.807, 2.05) is 0 Å². The molecular formula is C8H14O7. The highest BCUT2D eigenvalue weighted by Gasteiger charge is 2.43. The number of hydrogen-bond acceptors (Lipinski definition) is 7. The van der Waals surface area contributed by atoms with E-state index in [9.17, 15) is 15.0 Å². The lowest BCUT2D eigenvalue weighted by Gasteiger charge is -2.37. The van der Waals surface area contributed by atoms with Crippen molar-refractivity contribution in [3.8, 4) is 0 Å². The van der Waals surface area contributed by atoms with E-state index in [0.29, 0.717) is 0 Å². The molecule has 0 spiro atoms. The van der Waals surface area contributed by atoms with E-state index in [4.69, 9.17) is 14.9 Å². The Bertz CT molecular complexity index is 231. The van der Waals surface area contributed by atoms with Crippen LogP contribution in [0.1, 0.15) is 6.92 Å². The second kappa shape index (κ2) is 4.86. The first-order chi connectivity index (χ1) is 6.93. The molecule has 0 aromatic heterocycles. The Morgan fingerprint density at radius 1 is 1.20 bits per heavy atom. The number of rotatable bonds is 2. The van der Waals surface area contributed by atoms with Crippen molar-refractivity contribution in [2.24, 2.45) is 0 Å². The van der Waals surface area contributed by atoms with Crippen molar-refractivity contribution in [3.63, 3.8) is 0 Å². The third-order valence-corrected chi connectivity index (χ3v) is 2.14. The van der Waals surface area contributed by atoms with Crippen molar-refractivity contribution in [2.45, 2.75) is 37.6 Å². The Kier molecular flexibility index (Phi) is 4.00. The second-order valence-electron chi connectivity index (χ2n) is 3.34. The van der Waals surface area contributed by atoms with E-state index in [-0.39, 0.29) is 6.61 Å². The molecule has 0 bridgehead atoms. The van der Waals surface area contributed by atoms with Gasteiger partial charge in [0.15, 0.2) is 6.29 Å². The molecule has 88 valence electrons. The molecule has 7 nitrogen and oxygen atoms in total.